The summed E-state index contributed by atoms with van der Waals surface area (Å²) in [5.41, 5.74) is 5.40. The molecule has 37 heavy (non-hydrogen) atoms. The van der Waals surface area contributed by atoms with Crippen molar-refractivity contribution in [2.24, 2.45) is 5.10 Å². The maximum atomic E-state index is 12.2. The smallest absolute Gasteiger partial charge is 0.250 e. The van der Waals surface area contributed by atoms with Gasteiger partial charge in [0.15, 0.2) is 20.2 Å². The van der Waals surface area contributed by atoms with Crippen LogP contribution in [0.4, 0.5) is 0 Å². The Morgan fingerprint density at radius 3 is 2.57 bits per heavy atom. The minimum absolute atomic E-state index is 0.176. The van der Waals surface area contributed by atoms with Crippen molar-refractivity contribution in [2.75, 3.05) is 12.9 Å². The maximum absolute atomic E-state index is 12.2. The van der Waals surface area contributed by atoms with Crippen LogP contribution in [0.1, 0.15) is 16.7 Å². The maximum Gasteiger partial charge on any atom is 0.250 e. The third-order valence-corrected chi connectivity index (χ3v) is 8.46. The summed E-state index contributed by atoms with van der Waals surface area (Å²) in [6.07, 6.45) is 1.56. The molecule has 190 valence electrons. The summed E-state index contributed by atoms with van der Waals surface area (Å²) in [4.78, 5) is 12.2. The van der Waals surface area contributed by atoms with Gasteiger partial charge >= 0.3 is 0 Å². The summed E-state index contributed by atoms with van der Waals surface area (Å²) in [7, 11) is 1.59. The number of benzene rings is 3. The summed E-state index contributed by atoms with van der Waals surface area (Å²) in [5, 5.41) is 13.1. The van der Waals surface area contributed by atoms with E-state index in [0.29, 0.717) is 23.9 Å². The second-order valence-electron chi connectivity index (χ2n) is 7.48. The molecular formula is C26H23ClN4O3S3. The lowest BCUT2D eigenvalue weighted by Gasteiger charge is -2.11. The summed E-state index contributed by atoms with van der Waals surface area (Å²) in [5.74, 6) is 1.86. The highest BCUT2D eigenvalue weighted by Gasteiger charge is 2.10. The van der Waals surface area contributed by atoms with Crippen LogP contribution in [0.5, 0.6) is 11.5 Å². The number of amides is 1. The van der Waals surface area contributed by atoms with Gasteiger partial charge in [-0.25, -0.2) is 5.43 Å². The first-order valence-corrected chi connectivity index (χ1v) is 14.3. The monoisotopic (exact) mass is 570 g/mol. The van der Waals surface area contributed by atoms with E-state index in [1.54, 1.807) is 31.2 Å². The molecule has 11 heteroatoms. The molecule has 0 saturated carbocycles. The lowest BCUT2D eigenvalue weighted by molar-refractivity contribution is -0.118. The Bertz CT molecular complexity index is 1350. The lowest BCUT2D eigenvalue weighted by atomic mass is 10.2. The number of carbonyl (C=O) groups excluding carboxylic acids is 1. The Morgan fingerprint density at radius 1 is 1.03 bits per heavy atom. The summed E-state index contributed by atoms with van der Waals surface area (Å²) < 4.78 is 12.9. The van der Waals surface area contributed by atoms with E-state index in [2.05, 4.69) is 20.7 Å². The van der Waals surface area contributed by atoms with Crippen LogP contribution in [-0.4, -0.2) is 35.2 Å². The van der Waals surface area contributed by atoms with E-state index in [0.717, 1.165) is 30.4 Å². The number of hydrogen-bond acceptors (Lipinski definition) is 9. The zero-order chi connectivity index (χ0) is 25.9. The number of ether oxygens (including phenoxy) is 2. The Morgan fingerprint density at radius 2 is 1.78 bits per heavy atom. The standard InChI is InChI=1S/C26H23ClN4O3S3/c1-33-22-12-11-19(13-23(22)34-15-18-7-3-2-4-8-18)14-28-29-24(32)17-36-26-31-30-25(37-26)35-16-20-9-5-6-10-21(20)27/h2-14H,15-17H2,1H3,(H,29,32)/b28-14-. The van der Waals surface area contributed by atoms with E-state index >= 15 is 0 Å². The minimum atomic E-state index is -0.240. The molecule has 0 aliphatic rings. The van der Waals surface area contributed by atoms with E-state index in [-0.39, 0.29) is 11.7 Å². The van der Waals surface area contributed by atoms with E-state index in [9.17, 15) is 4.79 Å². The van der Waals surface area contributed by atoms with E-state index in [1.807, 2.05) is 66.7 Å². The van der Waals surface area contributed by atoms with Crippen LogP contribution in [0.3, 0.4) is 0 Å². The van der Waals surface area contributed by atoms with Gasteiger partial charge in [-0.05, 0) is 41.0 Å². The van der Waals surface area contributed by atoms with Crippen LogP contribution in [0.25, 0.3) is 0 Å². The summed E-state index contributed by atoms with van der Waals surface area (Å²) in [6.45, 7) is 0.414. The van der Waals surface area contributed by atoms with Crippen LogP contribution in [0.15, 0.2) is 86.6 Å². The van der Waals surface area contributed by atoms with Gasteiger partial charge in [0.05, 0.1) is 19.1 Å². The van der Waals surface area contributed by atoms with E-state index in [4.69, 9.17) is 21.1 Å². The first kappa shape index (κ1) is 27.0. The van der Waals surface area contributed by atoms with Gasteiger partial charge in [-0.15, -0.1) is 10.2 Å². The third-order valence-electron chi connectivity index (χ3n) is 4.85. The quantitative estimate of drug-likeness (QED) is 0.121. The highest BCUT2D eigenvalue weighted by Crippen LogP contribution is 2.32. The Balaban J connectivity index is 1.23. The second-order valence-corrected chi connectivity index (χ2v) is 11.3. The molecule has 4 aromatic rings. The molecule has 0 radical (unpaired) electrons. The zero-order valence-corrected chi connectivity index (χ0v) is 23.0. The molecule has 0 fully saturated rings. The fraction of sp³-hybridized carbons (Fsp3) is 0.154. The molecule has 0 saturated heterocycles. The van der Waals surface area contributed by atoms with Gasteiger partial charge in [0.1, 0.15) is 6.61 Å². The predicted molar refractivity (Wildman–Crippen MR) is 151 cm³/mol. The topological polar surface area (TPSA) is 85.7 Å². The summed E-state index contributed by atoms with van der Waals surface area (Å²) in [6, 6.07) is 23.0. The molecule has 7 nitrogen and oxygen atoms in total. The number of hydrazone groups is 1. The van der Waals surface area contributed by atoms with Gasteiger partial charge in [-0.2, -0.15) is 5.10 Å². The molecule has 3 aromatic carbocycles. The average molecular weight is 571 g/mol. The number of nitrogens with zero attached hydrogens (tertiary/aromatic N) is 3. The molecule has 0 atom stereocenters. The van der Waals surface area contributed by atoms with Crippen molar-refractivity contribution in [2.45, 2.75) is 21.0 Å². The van der Waals surface area contributed by atoms with Crippen molar-refractivity contribution < 1.29 is 14.3 Å². The molecule has 0 unspecified atom stereocenters. The van der Waals surface area contributed by atoms with Crippen LogP contribution in [0.2, 0.25) is 5.02 Å². The molecule has 4 rings (SSSR count). The lowest BCUT2D eigenvalue weighted by Crippen LogP contribution is -2.19. The van der Waals surface area contributed by atoms with Gasteiger partial charge in [-0.1, -0.05) is 95.0 Å². The number of hydrogen-bond donors (Lipinski definition) is 1. The summed E-state index contributed by atoms with van der Waals surface area (Å²) >= 11 is 10.5. The van der Waals surface area contributed by atoms with Crippen molar-refractivity contribution in [1.29, 1.82) is 0 Å². The normalized spacial score (nSPS) is 11.0. The Labute approximate surface area is 232 Å². The van der Waals surface area contributed by atoms with E-state index in [1.165, 1.54) is 23.1 Å². The van der Waals surface area contributed by atoms with Crippen molar-refractivity contribution in [1.82, 2.24) is 15.6 Å². The molecule has 0 aliphatic carbocycles. The van der Waals surface area contributed by atoms with Gasteiger partial charge in [0, 0.05) is 10.8 Å². The molecule has 1 heterocycles. The van der Waals surface area contributed by atoms with Crippen molar-refractivity contribution in [3.63, 3.8) is 0 Å². The van der Waals surface area contributed by atoms with Crippen LogP contribution in [0, 0.1) is 0 Å². The molecule has 1 amide bonds. The highest BCUT2D eigenvalue weighted by molar-refractivity contribution is 8.03. The predicted octanol–water partition coefficient (Wildman–Crippen LogP) is 6.31. The number of carbonyl (C=O) groups is 1. The largest absolute Gasteiger partial charge is 0.493 e. The molecule has 0 spiro atoms. The first-order valence-electron chi connectivity index (χ1n) is 11.1. The van der Waals surface area contributed by atoms with Crippen molar-refractivity contribution in [3.8, 4) is 11.5 Å². The van der Waals surface area contributed by atoms with Crippen LogP contribution >= 0.6 is 46.5 Å². The molecule has 1 N–H and O–H groups in total. The average Bonchev–Trinajstić information content (AvgIpc) is 3.39. The molecule has 0 aliphatic heterocycles. The van der Waals surface area contributed by atoms with Crippen molar-refractivity contribution in [3.05, 3.63) is 94.5 Å². The van der Waals surface area contributed by atoms with Crippen LogP contribution < -0.4 is 14.9 Å². The Hall–Kier alpha value is -3.05. The van der Waals surface area contributed by atoms with E-state index < -0.39 is 0 Å². The van der Waals surface area contributed by atoms with Gasteiger partial charge < -0.3 is 9.47 Å². The first-order chi connectivity index (χ1) is 18.1. The number of thioether (sulfide) groups is 2. The number of halogens is 1. The van der Waals surface area contributed by atoms with Crippen molar-refractivity contribution >= 4 is 58.6 Å². The zero-order valence-electron chi connectivity index (χ0n) is 19.8. The SMILES string of the molecule is COc1ccc(/C=N\NC(=O)CSc2nnc(SCc3ccccc3Cl)s2)cc1OCc1ccccc1. The third kappa shape index (κ3) is 8.50. The molecule has 1 aromatic heterocycles. The number of methoxy groups -OCH3 is 1. The second kappa shape index (κ2) is 14.0. The number of rotatable bonds is 12. The van der Waals surface area contributed by atoms with Crippen LogP contribution in [-0.2, 0) is 17.2 Å². The van der Waals surface area contributed by atoms with Gasteiger partial charge in [0.2, 0.25) is 0 Å². The molecule has 0 bridgehead atoms. The highest BCUT2D eigenvalue weighted by atomic mass is 35.5. The minimum Gasteiger partial charge on any atom is -0.493 e. The fourth-order valence-electron chi connectivity index (χ4n) is 3.03. The number of aromatic nitrogens is 2. The fourth-order valence-corrected chi connectivity index (χ4v) is 6.13. The van der Waals surface area contributed by atoms with Gasteiger partial charge in [0.25, 0.3) is 5.91 Å². The molecular weight excluding hydrogens is 548 g/mol. The van der Waals surface area contributed by atoms with Gasteiger partial charge in [-0.3, -0.25) is 4.79 Å². The number of nitrogens with one attached hydrogen (secondary N) is 1. The Kier molecular flexibility index (Phi) is 10.2.